The summed E-state index contributed by atoms with van der Waals surface area (Å²) in [6.45, 7) is 2.04. The topological polar surface area (TPSA) is 64.8 Å². The van der Waals surface area contributed by atoms with E-state index in [1.807, 2.05) is 18.2 Å². The Balaban J connectivity index is 1.36. The van der Waals surface area contributed by atoms with Crippen LogP contribution in [0.4, 0.5) is 17.3 Å². The zero-order valence-electron chi connectivity index (χ0n) is 15.8. The monoisotopic (exact) mass is 369 g/mol. The molecule has 0 amide bonds. The smallest absolute Gasteiger partial charge is 0.135 e. The Kier molecular flexibility index (Phi) is 5.48. The number of benzene rings is 2. The van der Waals surface area contributed by atoms with Gasteiger partial charge in [-0.05, 0) is 55.0 Å². The fourth-order valence-electron chi connectivity index (χ4n) is 3.68. The third-order valence-corrected chi connectivity index (χ3v) is 5.24. The van der Waals surface area contributed by atoms with Gasteiger partial charge in [-0.2, -0.15) is 5.26 Å². The van der Waals surface area contributed by atoms with Crippen molar-refractivity contribution in [3.05, 3.63) is 78.1 Å². The van der Waals surface area contributed by atoms with E-state index >= 15 is 0 Å². The molecule has 5 heteroatoms. The predicted octanol–water partition coefficient (Wildman–Crippen LogP) is 4.55. The van der Waals surface area contributed by atoms with Crippen LogP contribution < -0.4 is 10.2 Å². The molecule has 1 fully saturated rings. The molecule has 0 saturated carbocycles. The van der Waals surface area contributed by atoms with E-state index in [2.05, 4.69) is 56.6 Å². The minimum atomic E-state index is 0.646. The molecule has 0 atom stereocenters. The van der Waals surface area contributed by atoms with Crippen LogP contribution in [0.15, 0.2) is 67.0 Å². The maximum Gasteiger partial charge on any atom is 0.135 e. The van der Waals surface area contributed by atoms with Crippen LogP contribution in [-0.2, 0) is 6.42 Å². The van der Waals surface area contributed by atoms with E-state index in [0.717, 1.165) is 42.8 Å². The highest BCUT2D eigenvalue weighted by atomic mass is 15.2. The third-order valence-electron chi connectivity index (χ3n) is 5.24. The van der Waals surface area contributed by atoms with Crippen LogP contribution in [-0.4, -0.2) is 23.1 Å². The van der Waals surface area contributed by atoms with Crippen LogP contribution in [0.1, 0.15) is 24.0 Å². The lowest BCUT2D eigenvalue weighted by atomic mass is 9.90. The number of anilines is 3. The van der Waals surface area contributed by atoms with E-state index in [0.29, 0.717) is 5.56 Å². The predicted molar refractivity (Wildman–Crippen MR) is 112 cm³/mol. The number of hydrogen-bond donors (Lipinski definition) is 1. The molecule has 5 nitrogen and oxygen atoms in total. The average Bonchev–Trinajstić information content (AvgIpc) is 2.76. The average molecular weight is 369 g/mol. The first kappa shape index (κ1) is 18.0. The summed E-state index contributed by atoms with van der Waals surface area (Å²) in [6, 6.07) is 22.2. The molecule has 1 aromatic heterocycles. The van der Waals surface area contributed by atoms with Crippen molar-refractivity contribution >= 4 is 17.3 Å². The number of piperidine rings is 1. The van der Waals surface area contributed by atoms with Crippen LogP contribution >= 0.6 is 0 Å². The lowest BCUT2D eigenvalue weighted by Gasteiger charge is -2.33. The van der Waals surface area contributed by atoms with Gasteiger partial charge in [-0.25, -0.2) is 9.97 Å². The van der Waals surface area contributed by atoms with Crippen LogP contribution in [0.2, 0.25) is 0 Å². The number of rotatable bonds is 5. The molecule has 1 aliphatic heterocycles. The first-order valence-electron chi connectivity index (χ1n) is 9.68. The summed E-state index contributed by atoms with van der Waals surface area (Å²) >= 11 is 0. The molecule has 2 aromatic carbocycles. The molecule has 140 valence electrons. The van der Waals surface area contributed by atoms with Crippen LogP contribution in [0.3, 0.4) is 0 Å². The lowest BCUT2D eigenvalue weighted by molar-refractivity contribution is 0.402. The van der Waals surface area contributed by atoms with Crippen molar-refractivity contribution < 1.29 is 0 Å². The highest BCUT2D eigenvalue weighted by Gasteiger charge is 2.20. The van der Waals surface area contributed by atoms with Gasteiger partial charge in [0.2, 0.25) is 0 Å². The largest absolute Gasteiger partial charge is 0.356 e. The first-order chi connectivity index (χ1) is 13.8. The minimum Gasteiger partial charge on any atom is -0.356 e. The molecule has 2 heterocycles. The Labute approximate surface area is 165 Å². The number of nitrogens with one attached hydrogen (secondary N) is 1. The Bertz CT molecular complexity index is 939. The van der Waals surface area contributed by atoms with Crippen LogP contribution in [0.5, 0.6) is 0 Å². The lowest BCUT2D eigenvalue weighted by Crippen LogP contribution is -2.34. The summed E-state index contributed by atoms with van der Waals surface area (Å²) < 4.78 is 0. The van der Waals surface area contributed by atoms with Crippen molar-refractivity contribution in [2.75, 3.05) is 23.3 Å². The molecule has 4 rings (SSSR count). The highest BCUT2D eigenvalue weighted by Crippen LogP contribution is 2.26. The van der Waals surface area contributed by atoms with E-state index < -0.39 is 0 Å². The fraction of sp³-hybridized carbons (Fsp3) is 0.261. The fourth-order valence-corrected chi connectivity index (χ4v) is 3.68. The number of hydrogen-bond acceptors (Lipinski definition) is 5. The zero-order valence-corrected chi connectivity index (χ0v) is 15.8. The van der Waals surface area contributed by atoms with E-state index in [9.17, 15) is 0 Å². The van der Waals surface area contributed by atoms with Crippen molar-refractivity contribution in [2.24, 2.45) is 5.92 Å². The van der Waals surface area contributed by atoms with Gasteiger partial charge >= 0.3 is 0 Å². The molecule has 1 aliphatic rings. The SMILES string of the molecule is N#Cc1ccc(Nc2cc(N3CCC(Cc4ccccc4)CC3)ncn2)cc1. The van der Waals surface area contributed by atoms with E-state index in [1.165, 1.54) is 18.4 Å². The first-order valence-corrected chi connectivity index (χ1v) is 9.68. The van der Waals surface area contributed by atoms with Gasteiger partial charge in [0, 0.05) is 24.8 Å². The van der Waals surface area contributed by atoms with Crippen molar-refractivity contribution in [1.29, 1.82) is 5.26 Å². The van der Waals surface area contributed by atoms with Gasteiger partial charge in [-0.3, -0.25) is 0 Å². The number of nitriles is 1. The van der Waals surface area contributed by atoms with E-state index in [4.69, 9.17) is 5.26 Å². The van der Waals surface area contributed by atoms with Crippen molar-refractivity contribution in [3.8, 4) is 6.07 Å². The molecular weight excluding hydrogens is 346 g/mol. The third kappa shape index (κ3) is 4.47. The van der Waals surface area contributed by atoms with Crippen LogP contribution in [0, 0.1) is 17.2 Å². The van der Waals surface area contributed by atoms with Gasteiger partial charge < -0.3 is 10.2 Å². The van der Waals surface area contributed by atoms with Gasteiger partial charge in [0.25, 0.3) is 0 Å². The molecule has 1 N–H and O–H groups in total. The van der Waals surface area contributed by atoms with Gasteiger partial charge in [-0.1, -0.05) is 30.3 Å². The second-order valence-electron chi connectivity index (χ2n) is 7.20. The second-order valence-corrected chi connectivity index (χ2v) is 7.20. The molecule has 28 heavy (non-hydrogen) atoms. The molecule has 0 spiro atoms. The summed E-state index contributed by atoms with van der Waals surface area (Å²) in [6.07, 6.45) is 5.12. The summed E-state index contributed by atoms with van der Waals surface area (Å²) in [7, 11) is 0. The maximum absolute atomic E-state index is 8.90. The normalized spacial score (nSPS) is 14.5. The quantitative estimate of drug-likeness (QED) is 0.715. The van der Waals surface area contributed by atoms with Gasteiger partial charge in [0.1, 0.15) is 18.0 Å². The highest BCUT2D eigenvalue weighted by molar-refractivity contribution is 5.60. The summed E-state index contributed by atoms with van der Waals surface area (Å²) in [5, 5.41) is 12.2. The van der Waals surface area contributed by atoms with Gasteiger partial charge in [0.15, 0.2) is 0 Å². The van der Waals surface area contributed by atoms with E-state index in [-0.39, 0.29) is 0 Å². The Morgan fingerprint density at radius 3 is 2.46 bits per heavy atom. The Morgan fingerprint density at radius 2 is 1.75 bits per heavy atom. The number of aromatic nitrogens is 2. The Hall–Kier alpha value is -3.39. The Morgan fingerprint density at radius 1 is 1.00 bits per heavy atom. The molecule has 1 saturated heterocycles. The molecule has 0 aliphatic carbocycles. The number of nitrogens with zero attached hydrogens (tertiary/aromatic N) is 4. The summed E-state index contributed by atoms with van der Waals surface area (Å²) in [5.74, 6) is 2.46. The van der Waals surface area contributed by atoms with Crippen molar-refractivity contribution in [1.82, 2.24) is 9.97 Å². The summed E-state index contributed by atoms with van der Waals surface area (Å²) in [5.41, 5.74) is 2.98. The molecule has 3 aromatic rings. The van der Waals surface area contributed by atoms with Gasteiger partial charge in [0.05, 0.1) is 11.6 Å². The maximum atomic E-state index is 8.90. The zero-order chi connectivity index (χ0) is 19.2. The van der Waals surface area contributed by atoms with Crippen molar-refractivity contribution in [2.45, 2.75) is 19.3 Å². The molecule has 0 unspecified atom stereocenters. The molecular formula is C23H23N5. The minimum absolute atomic E-state index is 0.646. The van der Waals surface area contributed by atoms with Gasteiger partial charge in [-0.15, -0.1) is 0 Å². The second kappa shape index (κ2) is 8.53. The molecule has 0 radical (unpaired) electrons. The summed E-state index contributed by atoms with van der Waals surface area (Å²) in [4.78, 5) is 11.1. The molecule has 0 bridgehead atoms. The standard InChI is InChI=1S/C23H23N5/c24-16-20-6-8-21(9-7-20)27-22-15-23(26-17-25-22)28-12-10-19(11-13-28)14-18-4-2-1-3-5-18/h1-9,15,17,19H,10-14H2,(H,25,26,27). The van der Waals surface area contributed by atoms with Crippen molar-refractivity contribution in [3.63, 3.8) is 0 Å². The van der Waals surface area contributed by atoms with E-state index in [1.54, 1.807) is 18.5 Å². The van der Waals surface area contributed by atoms with Crippen LogP contribution in [0.25, 0.3) is 0 Å².